The Balaban J connectivity index is 1.47. The van der Waals surface area contributed by atoms with Gasteiger partial charge < -0.3 is 5.41 Å². The van der Waals surface area contributed by atoms with E-state index in [2.05, 4.69) is 22.9 Å². The molecule has 4 fully saturated rings. The predicted octanol–water partition coefficient (Wildman–Crippen LogP) is 6.66. The molecule has 4 aliphatic carbocycles. The number of thiol groups is 1. The summed E-state index contributed by atoms with van der Waals surface area (Å²) in [7, 11) is 0. The summed E-state index contributed by atoms with van der Waals surface area (Å²) in [5.41, 5.74) is 1.42. The molecule has 29 heavy (non-hydrogen) atoms. The van der Waals surface area contributed by atoms with Gasteiger partial charge in [0.2, 0.25) is 0 Å². The summed E-state index contributed by atoms with van der Waals surface area (Å²) in [5.74, 6) is 4.43. The summed E-state index contributed by atoms with van der Waals surface area (Å²) in [4.78, 5) is 0. The summed E-state index contributed by atoms with van der Waals surface area (Å²) in [5, 5.41) is 15.3. The fraction of sp³-hybridized carbons (Fsp3) is 0.840. The van der Waals surface area contributed by atoms with E-state index in [1.807, 2.05) is 0 Å². The van der Waals surface area contributed by atoms with Crippen molar-refractivity contribution in [2.24, 2.45) is 35.0 Å². The van der Waals surface area contributed by atoms with Crippen molar-refractivity contribution < 1.29 is 0 Å². The molecular formula is C25H39N2SSe. The van der Waals surface area contributed by atoms with Gasteiger partial charge in [0.05, 0.1) is 0 Å². The SMILES string of the molecule is CC12CCC3C(CCC4CCCCC43[Se])C1CCC2C(S)CC/C(C=N)=C/C=N. The van der Waals surface area contributed by atoms with E-state index in [9.17, 15) is 0 Å². The van der Waals surface area contributed by atoms with Gasteiger partial charge >= 0.3 is 187 Å². The molecule has 0 saturated heterocycles. The second kappa shape index (κ2) is 8.83. The molecular weight excluding hydrogens is 439 g/mol. The number of hydrogen-bond donors (Lipinski definition) is 3. The van der Waals surface area contributed by atoms with Crippen molar-refractivity contribution in [3.8, 4) is 0 Å². The van der Waals surface area contributed by atoms with Crippen LogP contribution in [0.25, 0.3) is 0 Å². The molecule has 0 aromatic rings. The van der Waals surface area contributed by atoms with Gasteiger partial charge in [0.1, 0.15) is 0 Å². The van der Waals surface area contributed by atoms with Gasteiger partial charge in [-0.1, -0.05) is 0 Å². The maximum atomic E-state index is 7.57. The Bertz CT molecular complexity index is 663. The zero-order valence-electron chi connectivity index (χ0n) is 18.0. The number of rotatable bonds is 6. The van der Waals surface area contributed by atoms with Crippen LogP contribution in [0.15, 0.2) is 11.6 Å². The first-order valence-electron chi connectivity index (χ1n) is 12.0. The Labute approximate surface area is 191 Å². The molecule has 0 aliphatic heterocycles. The van der Waals surface area contributed by atoms with Gasteiger partial charge in [-0.15, -0.1) is 0 Å². The molecule has 8 atom stereocenters. The molecule has 161 valence electrons. The topological polar surface area (TPSA) is 47.7 Å². The Morgan fingerprint density at radius 2 is 1.90 bits per heavy atom. The van der Waals surface area contributed by atoms with Crippen LogP contribution in [0.3, 0.4) is 0 Å². The minimum Gasteiger partial charge on any atom is -0.309 e. The Morgan fingerprint density at radius 1 is 1.07 bits per heavy atom. The molecule has 2 N–H and O–H groups in total. The minimum atomic E-state index is 0.420. The predicted molar refractivity (Wildman–Crippen MR) is 128 cm³/mol. The zero-order chi connectivity index (χ0) is 20.6. The minimum absolute atomic E-state index is 0.420. The van der Waals surface area contributed by atoms with Gasteiger partial charge in [0.25, 0.3) is 0 Å². The average molecular weight is 479 g/mol. The van der Waals surface area contributed by atoms with Crippen molar-refractivity contribution in [1.82, 2.24) is 0 Å². The quantitative estimate of drug-likeness (QED) is 0.217. The molecule has 0 heterocycles. The van der Waals surface area contributed by atoms with E-state index in [1.54, 1.807) is 6.08 Å². The second-order valence-electron chi connectivity index (χ2n) is 10.7. The summed E-state index contributed by atoms with van der Waals surface area (Å²) in [6.07, 6.45) is 20.7. The first kappa shape index (κ1) is 22.2. The number of fused-ring (bicyclic) bond motifs is 5. The monoisotopic (exact) mass is 479 g/mol. The summed E-state index contributed by atoms with van der Waals surface area (Å²) >= 11 is 8.93. The summed E-state index contributed by atoms with van der Waals surface area (Å²) in [6.45, 7) is 2.61. The van der Waals surface area contributed by atoms with Gasteiger partial charge in [-0.05, 0) is 0 Å². The van der Waals surface area contributed by atoms with Gasteiger partial charge in [0.15, 0.2) is 0 Å². The first-order valence-corrected chi connectivity index (χ1v) is 13.4. The third-order valence-electron chi connectivity index (χ3n) is 9.72. The van der Waals surface area contributed by atoms with Crippen LogP contribution in [0.5, 0.6) is 0 Å². The molecule has 1 radical (unpaired) electrons. The number of allylic oxidation sites excluding steroid dienone is 2. The molecule has 4 aliphatic rings. The molecule has 0 amide bonds. The van der Waals surface area contributed by atoms with Crippen molar-refractivity contribution in [2.45, 2.75) is 93.5 Å². The smallest absolute Gasteiger partial charge is 0.309 e. The van der Waals surface area contributed by atoms with Crippen molar-refractivity contribution in [2.75, 3.05) is 0 Å². The van der Waals surface area contributed by atoms with Crippen LogP contribution < -0.4 is 0 Å². The van der Waals surface area contributed by atoms with Crippen LogP contribution >= 0.6 is 12.6 Å². The molecule has 0 aromatic carbocycles. The molecule has 8 unspecified atom stereocenters. The first-order chi connectivity index (χ1) is 13.9. The molecule has 4 saturated carbocycles. The zero-order valence-corrected chi connectivity index (χ0v) is 20.6. The van der Waals surface area contributed by atoms with Crippen molar-refractivity contribution >= 4 is 41.1 Å². The maximum absolute atomic E-state index is 7.57. The summed E-state index contributed by atoms with van der Waals surface area (Å²) < 4.78 is 0.511. The van der Waals surface area contributed by atoms with E-state index in [1.165, 1.54) is 76.6 Å². The Kier molecular flexibility index (Phi) is 6.74. The third-order valence-corrected chi connectivity index (χ3v) is 12.1. The van der Waals surface area contributed by atoms with E-state index in [4.69, 9.17) is 23.4 Å². The average Bonchev–Trinajstić information content (AvgIpc) is 3.07. The van der Waals surface area contributed by atoms with E-state index >= 15 is 0 Å². The summed E-state index contributed by atoms with van der Waals surface area (Å²) in [6, 6.07) is 0. The van der Waals surface area contributed by atoms with Gasteiger partial charge in [0, 0.05) is 0 Å². The number of nitrogens with one attached hydrogen (secondary N) is 2. The molecule has 2 nitrogen and oxygen atoms in total. The van der Waals surface area contributed by atoms with Gasteiger partial charge in [-0.25, -0.2) is 0 Å². The fourth-order valence-corrected chi connectivity index (χ4v) is 10.3. The van der Waals surface area contributed by atoms with Crippen LogP contribution in [0, 0.1) is 45.8 Å². The van der Waals surface area contributed by atoms with Crippen LogP contribution in [-0.2, 0) is 0 Å². The standard InChI is InChI=1S/C25H39N2SSe/c1-24-14-11-21-19(7-6-18-4-2-3-13-25(18,21)29)20(24)8-9-22(24)23(28)10-5-17(16-27)12-15-26/h12,15-16,18-23,26-28H,2-11,13-14H2,1H3/b17-12-,26-15?,27-16?. The van der Waals surface area contributed by atoms with E-state index in [-0.39, 0.29) is 0 Å². The van der Waals surface area contributed by atoms with Crippen molar-refractivity contribution in [3.63, 3.8) is 0 Å². The third kappa shape index (κ3) is 3.85. The fourth-order valence-electron chi connectivity index (χ4n) is 8.31. The molecule has 0 aromatic heterocycles. The molecule has 0 bridgehead atoms. The van der Waals surface area contributed by atoms with Gasteiger partial charge in [-0.3, -0.25) is 0 Å². The van der Waals surface area contributed by atoms with Crippen LogP contribution in [0.4, 0.5) is 0 Å². The molecule has 4 heteroatoms. The normalized spacial score (nSPS) is 45.6. The Morgan fingerprint density at radius 3 is 2.66 bits per heavy atom. The van der Waals surface area contributed by atoms with Crippen molar-refractivity contribution in [3.05, 3.63) is 11.6 Å². The molecule has 4 rings (SSSR count). The molecule has 0 spiro atoms. The van der Waals surface area contributed by atoms with E-state index in [0.717, 1.165) is 42.1 Å². The van der Waals surface area contributed by atoms with E-state index < -0.39 is 0 Å². The van der Waals surface area contributed by atoms with Crippen LogP contribution in [-0.4, -0.2) is 33.7 Å². The van der Waals surface area contributed by atoms with Gasteiger partial charge in [-0.2, -0.15) is 0 Å². The Hall–Kier alpha value is -0.0505. The second-order valence-corrected chi connectivity index (χ2v) is 13.0. The van der Waals surface area contributed by atoms with Crippen molar-refractivity contribution in [1.29, 1.82) is 10.8 Å². The van der Waals surface area contributed by atoms with Crippen LogP contribution in [0.2, 0.25) is 4.31 Å². The van der Waals surface area contributed by atoms with Crippen LogP contribution in [0.1, 0.15) is 84.0 Å². The number of hydrogen-bond acceptors (Lipinski definition) is 3. The van der Waals surface area contributed by atoms with E-state index in [0.29, 0.717) is 20.9 Å².